The molecule has 3 heterocycles. The Kier molecular flexibility index (Phi) is 3.68. The van der Waals surface area contributed by atoms with Crippen LogP contribution in [0.4, 0.5) is 0 Å². The van der Waals surface area contributed by atoms with E-state index >= 15 is 0 Å². The highest BCUT2D eigenvalue weighted by Gasteiger charge is 2.14. The van der Waals surface area contributed by atoms with Crippen LogP contribution < -0.4 is 5.56 Å². The molecule has 0 spiro atoms. The molecule has 23 heavy (non-hydrogen) atoms. The summed E-state index contributed by atoms with van der Waals surface area (Å²) in [6, 6.07) is 9.50. The lowest BCUT2D eigenvalue weighted by Gasteiger charge is -2.11. The van der Waals surface area contributed by atoms with E-state index in [0.29, 0.717) is 21.9 Å². The molecule has 8 heteroatoms. The van der Waals surface area contributed by atoms with E-state index in [9.17, 15) is 4.79 Å². The van der Waals surface area contributed by atoms with Gasteiger partial charge in [-0.3, -0.25) is 14.5 Å². The summed E-state index contributed by atoms with van der Waals surface area (Å²) in [6.45, 7) is 0. The lowest BCUT2D eigenvalue weighted by Crippen LogP contribution is -2.21. The Morgan fingerprint density at radius 2 is 2.13 bits per heavy atom. The molecule has 0 saturated carbocycles. The molecule has 0 radical (unpaired) electrons. The third kappa shape index (κ3) is 2.66. The van der Waals surface area contributed by atoms with Crippen LogP contribution in [0.3, 0.4) is 0 Å². The number of nitrogens with zero attached hydrogens (tertiary/aromatic N) is 4. The molecular formula is C15H11N5OS2. The van der Waals surface area contributed by atoms with Gasteiger partial charge in [-0.2, -0.15) is 5.10 Å². The number of thioether (sulfide) groups is 1. The lowest BCUT2D eigenvalue weighted by atomic mass is 10.3. The molecule has 3 aromatic heterocycles. The van der Waals surface area contributed by atoms with Gasteiger partial charge in [0, 0.05) is 11.6 Å². The number of fused-ring (bicyclic) bond motifs is 1. The predicted octanol–water partition coefficient (Wildman–Crippen LogP) is 2.86. The van der Waals surface area contributed by atoms with E-state index in [1.807, 2.05) is 35.7 Å². The maximum absolute atomic E-state index is 12.8. The van der Waals surface area contributed by atoms with Crippen molar-refractivity contribution in [3.8, 4) is 5.69 Å². The minimum Gasteiger partial charge on any atom is -0.268 e. The molecule has 0 fully saturated rings. The van der Waals surface area contributed by atoms with Crippen molar-refractivity contribution in [3.63, 3.8) is 0 Å². The van der Waals surface area contributed by atoms with Crippen LogP contribution in [0.15, 0.2) is 58.1 Å². The molecule has 1 aromatic carbocycles. The van der Waals surface area contributed by atoms with Crippen molar-refractivity contribution in [1.82, 2.24) is 24.7 Å². The van der Waals surface area contributed by atoms with Gasteiger partial charge < -0.3 is 0 Å². The first-order valence-corrected chi connectivity index (χ1v) is 8.72. The number of rotatable bonds is 4. The number of aromatic nitrogens is 5. The Bertz CT molecular complexity index is 992. The average Bonchev–Trinajstić information content (AvgIpc) is 3.25. The summed E-state index contributed by atoms with van der Waals surface area (Å²) in [7, 11) is 0. The summed E-state index contributed by atoms with van der Waals surface area (Å²) >= 11 is 3.07. The highest BCUT2D eigenvalue weighted by molar-refractivity contribution is 7.98. The van der Waals surface area contributed by atoms with Gasteiger partial charge in [-0.1, -0.05) is 30.0 Å². The Morgan fingerprint density at radius 3 is 2.91 bits per heavy atom. The summed E-state index contributed by atoms with van der Waals surface area (Å²) in [5, 5.41) is 10.7. The molecule has 114 valence electrons. The molecular weight excluding hydrogens is 330 g/mol. The van der Waals surface area contributed by atoms with Gasteiger partial charge in [0.25, 0.3) is 5.56 Å². The highest BCUT2D eigenvalue weighted by Crippen LogP contribution is 2.24. The maximum atomic E-state index is 12.8. The van der Waals surface area contributed by atoms with Gasteiger partial charge in [-0.25, -0.2) is 9.97 Å². The molecule has 4 rings (SSSR count). The first-order chi connectivity index (χ1) is 11.3. The van der Waals surface area contributed by atoms with E-state index in [2.05, 4.69) is 20.2 Å². The van der Waals surface area contributed by atoms with Gasteiger partial charge in [-0.15, -0.1) is 11.3 Å². The zero-order chi connectivity index (χ0) is 15.6. The molecule has 0 aliphatic heterocycles. The number of thiazole rings is 1. The molecule has 0 aliphatic carbocycles. The summed E-state index contributed by atoms with van der Waals surface area (Å²) in [4.78, 5) is 21.6. The first kappa shape index (κ1) is 14.2. The summed E-state index contributed by atoms with van der Waals surface area (Å²) in [5.74, 6) is 0.663. The number of H-pyrrole nitrogens is 1. The second-order valence-electron chi connectivity index (χ2n) is 4.72. The molecule has 0 atom stereocenters. The standard InChI is InChI=1S/C15H11N5OS2/c21-14-11-8-17-19-13(11)18-15(23-9-12-16-6-7-22-12)20(14)10-4-2-1-3-5-10/h1-8H,9H2,(H,17,19). The average molecular weight is 341 g/mol. The van der Waals surface area contributed by atoms with Crippen molar-refractivity contribution in [3.05, 3.63) is 63.5 Å². The van der Waals surface area contributed by atoms with Crippen molar-refractivity contribution in [2.75, 3.05) is 0 Å². The van der Waals surface area contributed by atoms with Crippen LogP contribution >= 0.6 is 23.1 Å². The maximum Gasteiger partial charge on any atom is 0.269 e. The molecule has 0 amide bonds. The van der Waals surface area contributed by atoms with Gasteiger partial charge in [0.1, 0.15) is 10.4 Å². The predicted molar refractivity (Wildman–Crippen MR) is 91.2 cm³/mol. The third-order valence-corrected chi connectivity index (χ3v) is 5.19. The van der Waals surface area contributed by atoms with E-state index < -0.39 is 0 Å². The molecule has 0 bridgehead atoms. The molecule has 6 nitrogen and oxygen atoms in total. The van der Waals surface area contributed by atoms with Gasteiger partial charge in [-0.05, 0) is 12.1 Å². The molecule has 1 N–H and O–H groups in total. The minimum absolute atomic E-state index is 0.128. The normalized spacial score (nSPS) is 11.1. The topological polar surface area (TPSA) is 76.5 Å². The fraction of sp³-hybridized carbons (Fsp3) is 0.0667. The van der Waals surface area contributed by atoms with E-state index in [0.717, 1.165) is 10.7 Å². The lowest BCUT2D eigenvalue weighted by molar-refractivity contribution is 0.816. The Morgan fingerprint density at radius 1 is 1.26 bits per heavy atom. The zero-order valence-corrected chi connectivity index (χ0v) is 13.5. The van der Waals surface area contributed by atoms with Crippen LogP contribution in [0.25, 0.3) is 16.7 Å². The second-order valence-corrected chi connectivity index (χ2v) is 6.64. The third-order valence-electron chi connectivity index (χ3n) is 3.27. The number of nitrogens with one attached hydrogen (secondary N) is 1. The van der Waals surface area contributed by atoms with Gasteiger partial charge >= 0.3 is 0 Å². The van der Waals surface area contributed by atoms with E-state index in [1.165, 1.54) is 18.0 Å². The highest BCUT2D eigenvalue weighted by atomic mass is 32.2. The van der Waals surface area contributed by atoms with Crippen molar-refractivity contribution >= 4 is 34.1 Å². The van der Waals surface area contributed by atoms with Gasteiger partial charge in [0.15, 0.2) is 10.8 Å². The molecule has 0 saturated heterocycles. The number of hydrogen-bond donors (Lipinski definition) is 1. The van der Waals surface area contributed by atoms with Crippen LogP contribution in [0, 0.1) is 0 Å². The fourth-order valence-electron chi connectivity index (χ4n) is 2.23. The number of aromatic amines is 1. The Hall–Kier alpha value is -2.45. The van der Waals surface area contributed by atoms with Crippen molar-refractivity contribution in [2.24, 2.45) is 0 Å². The van der Waals surface area contributed by atoms with E-state index in [-0.39, 0.29) is 5.56 Å². The van der Waals surface area contributed by atoms with Crippen LogP contribution in [0.2, 0.25) is 0 Å². The van der Waals surface area contributed by atoms with Crippen LogP contribution in [0.1, 0.15) is 5.01 Å². The minimum atomic E-state index is -0.128. The molecule has 0 unspecified atom stereocenters. The fourth-order valence-corrected chi connectivity index (χ4v) is 3.88. The van der Waals surface area contributed by atoms with Crippen LogP contribution in [-0.4, -0.2) is 24.7 Å². The van der Waals surface area contributed by atoms with Gasteiger partial charge in [0.2, 0.25) is 0 Å². The van der Waals surface area contributed by atoms with E-state index in [4.69, 9.17) is 0 Å². The summed E-state index contributed by atoms with van der Waals surface area (Å²) in [5.41, 5.74) is 1.16. The van der Waals surface area contributed by atoms with Crippen molar-refractivity contribution < 1.29 is 0 Å². The van der Waals surface area contributed by atoms with Crippen LogP contribution in [0.5, 0.6) is 0 Å². The zero-order valence-electron chi connectivity index (χ0n) is 11.8. The van der Waals surface area contributed by atoms with Crippen molar-refractivity contribution in [2.45, 2.75) is 10.9 Å². The Balaban J connectivity index is 1.85. The monoisotopic (exact) mass is 341 g/mol. The summed E-state index contributed by atoms with van der Waals surface area (Å²) < 4.78 is 1.62. The van der Waals surface area contributed by atoms with Crippen molar-refractivity contribution in [1.29, 1.82) is 0 Å². The molecule has 4 aromatic rings. The largest absolute Gasteiger partial charge is 0.269 e. The smallest absolute Gasteiger partial charge is 0.268 e. The second kappa shape index (κ2) is 5.98. The SMILES string of the molecule is O=c1c2cn[nH]c2nc(SCc2nccs2)n1-c1ccccc1. The Labute approximate surface area is 139 Å². The van der Waals surface area contributed by atoms with Crippen LogP contribution in [-0.2, 0) is 5.75 Å². The number of para-hydroxylation sites is 1. The van der Waals surface area contributed by atoms with E-state index in [1.54, 1.807) is 22.1 Å². The summed E-state index contributed by atoms with van der Waals surface area (Å²) in [6.07, 6.45) is 3.29. The first-order valence-electron chi connectivity index (χ1n) is 6.85. The molecule has 0 aliphatic rings. The number of benzene rings is 1. The quantitative estimate of drug-likeness (QED) is 0.456. The number of hydrogen-bond acceptors (Lipinski definition) is 6. The van der Waals surface area contributed by atoms with Gasteiger partial charge in [0.05, 0.1) is 17.6 Å².